The summed E-state index contributed by atoms with van der Waals surface area (Å²) in [5.41, 5.74) is 4.56. The Labute approximate surface area is 95.3 Å². The minimum Gasteiger partial charge on any atom is -0.399 e. The van der Waals surface area contributed by atoms with Gasteiger partial charge < -0.3 is 9.40 Å². The SMILES string of the molecule is CON=C(C)c1cn(C)c2c(C)cccc12. The highest BCUT2D eigenvalue weighted by molar-refractivity contribution is 6.10. The van der Waals surface area contributed by atoms with Gasteiger partial charge in [-0.2, -0.15) is 0 Å². The summed E-state index contributed by atoms with van der Waals surface area (Å²) in [7, 11) is 3.62. The van der Waals surface area contributed by atoms with Crippen molar-refractivity contribution in [1.82, 2.24) is 4.57 Å². The number of aromatic nitrogens is 1. The van der Waals surface area contributed by atoms with E-state index in [0.29, 0.717) is 0 Å². The average Bonchev–Trinajstić information content (AvgIpc) is 2.58. The highest BCUT2D eigenvalue weighted by Crippen LogP contribution is 2.24. The fourth-order valence-electron chi connectivity index (χ4n) is 2.15. The Hall–Kier alpha value is -1.77. The lowest BCUT2D eigenvalue weighted by molar-refractivity contribution is 0.213. The first-order valence-electron chi connectivity index (χ1n) is 5.28. The van der Waals surface area contributed by atoms with E-state index in [9.17, 15) is 0 Å². The molecule has 1 heterocycles. The monoisotopic (exact) mass is 216 g/mol. The standard InChI is InChI=1S/C13H16N2O/c1-9-6-5-7-11-12(10(2)14-16-4)8-15(3)13(9)11/h5-8H,1-4H3. The molecular weight excluding hydrogens is 200 g/mol. The second kappa shape index (κ2) is 4.00. The van der Waals surface area contributed by atoms with Crippen LogP contribution in [0.25, 0.3) is 10.9 Å². The summed E-state index contributed by atoms with van der Waals surface area (Å²) in [5, 5.41) is 5.21. The van der Waals surface area contributed by atoms with Crippen LogP contribution in [0.15, 0.2) is 29.6 Å². The molecule has 3 heteroatoms. The maximum atomic E-state index is 4.83. The molecular formula is C13H16N2O. The van der Waals surface area contributed by atoms with Crippen LogP contribution in [-0.4, -0.2) is 17.4 Å². The van der Waals surface area contributed by atoms with Gasteiger partial charge in [-0.1, -0.05) is 23.4 Å². The van der Waals surface area contributed by atoms with E-state index in [1.165, 1.54) is 16.5 Å². The van der Waals surface area contributed by atoms with Crippen molar-refractivity contribution in [3.63, 3.8) is 0 Å². The van der Waals surface area contributed by atoms with E-state index in [-0.39, 0.29) is 0 Å². The van der Waals surface area contributed by atoms with Crippen molar-refractivity contribution >= 4 is 16.6 Å². The number of hydrogen-bond donors (Lipinski definition) is 0. The molecule has 0 unspecified atom stereocenters. The smallest absolute Gasteiger partial charge is 0.106 e. The van der Waals surface area contributed by atoms with E-state index in [0.717, 1.165) is 11.3 Å². The molecule has 0 saturated heterocycles. The number of benzene rings is 1. The molecule has 0 spiro atoms. The Bertz CT molecular complexity index is 552. The first kappa shape index (κ1) is 10.7. The topological polar surface area (TPSA) is 26.5 Å². The molecule has 1 aromatic heterocycles. The van der Waals surface area contributed by atoms with Gasteiger partial charge in [-0.3, -0.25) is 0 Å². The van der Waals surface area contributed by atoms with Gasteiger partial charge in [0, 0.05) is 24.2 Å². The lowest BCUT2D eigenvalue weighted by Crippen LogP contribution is -1.93. The third kappa shape index (κ3) is 1.58. The molecule has 0 N–H and O–H groups in total. The predicted molar refractivity (Wildman–Crippen MR) is 66.9 cm³/mol. The van der Waals surface area contributed by atoms with Crippen molar-refractivity contribution in [2.45, 2.75) is 13.8 Å². The number of fused-ring (bicyclic) bond motifs is 1. The number of nitrogens with zero attached hydrogens (tertiary/aromatic N) is 2. The predicted octanol–water partition coefficient (Wildman–Crippen LogP) is 2.86. The Balaban J connectivity index is 2.74. The van der Waals surface area contributed by atoms with E-state index < -0.39 is 0 Å². The van der Waals surface area contributed by atoms with Crippen LogP contribution >= 0.6 is 0 Å². The molecule has 0 bridgehead atoms. The molecule has 3 nitrogen and oxygen atoms in total. The summed E-state index contributed by atoms with van der Waals surface area (Å²) < 4.78 is 2.13. The number of hydrogen-bond acceptors (Lipinski definition) is 2. The fourth-order valence-corrected chi connectivity index (χ4v) is 2.15. The van der Waals surface area contributed by atoms with Crippen LogP contribution in [0.1, 0.15) is 18.1 Å². The third-order valence-corrected chi connectivity index (χ3v) is 2.82. The largest absolute Gasteiger partial charge is 0.399 e. The summed E-state index contributed by atoms with van der Waals surface area (Å²) in [6.07, 6.45) is 2.09. The van der Waals surface area contributed by atoms with Gasteiger partial charge in [-0.25, -0.2) is 0 Å². The summed E-state index contributed by atoms with van der Waals surface area (Å²) in [5.74, 6) is 0. The second-order valence-corrected chi connectivity index (χ2v) is 3.98. The molecule has 0 amide bonds. The minimum atomic E-state index is 0.902. The highest BCUT2D eigenvalue weighted by Gasteiger charge is 2.10. The summed E-state index contributed by atoms with van der Waals surface area (Å²) >= 11 is 0. The van der Waals surface area contributed by atoms with Crippen molar-refractivity contribution in [2.24, 2.45) is 12.2 Å². The molecule has 84 valence electrons. The van der Waals surface area contributed by atoms with Gasteiger partial charge >= 0.3 is 0 Å². The Morgan fingerprint density at radius 3 is 2.81 bits per heavy atom. The van der Waals surface area contributed by atoms with Crippen LogP contribution in [0.4, 0.5) is 0 Å². The zero-order valence-electron chi connectivity index (χ0n) is 10.1. The van der Waals surface area contributed by atoms with Crippen molar-refractivity contribution in [3.8, 4) is 0 Å². The maximum absolute atomic E-state index is 4.83. The van der Waals surface area contributed by atoms with Crippen molar-refractivity contribution in [1.29, 1.82) is 0 Å². The molecule has 0 radical (unpaired) electrons. The Morgan fingerprint density at radius 1 is 1.38 bits per heavy atom. The van der Waals surface area contributed by atoms with Gasteiger partial charge in [0.25, 0.3) is 0 Å². The number of oxime groups is 1. The zero-order chi connectivity index (χ0) is 11.7. The average molecular weight is 216 g/mol. The van der Waals surface area contributed by atoms with E-state index in [2.05, 4.69) is 48.1 Å². The van der Waals surface area contributed by atoms with Crippen molar-refractivity contribution in [3.05, 3.63) is 35.5 Å². The molecule has 0 aliphatic heterocycles. The number of para-hydroxylation sites is 1. The summed E-state index contributed by atoms with van der Waals surface area (Å²) in [4.78, 5) is 4.83. The second-order valence-electron chi connectivity index (χ2n) is 3.98. The van der Waals surface area contributed by atoms with E-state index in [4.69, 9.17) is 4.84 Å². The van der Waals surface area contributed by atoms with Gasteiger partial charge in [0.05, 0.1) is 11.2 Å². The summed E-state index contributed by atoms with van der Waals surface area (Å²) in [6, 6.07) is 6.31. The number of rotatable bonds is 2. The van der Waals surface area contributed by atoms with Gasteiger partial charge in [0.15, 0.2) is 0 Å². The maximum Gasteiger partial charge on any atom is 0.106 e. The van der Waals surface area contributed by atoms with Crippen LogP contribution < -0.4 is 0 Å². The molecule has 0 atom stereocenters. The Morgan fingerprint density at radius 2 is 2.12 bits per heavy atom. The Kier molecular flexibility index (Phi) is 2.69. The van der Waals surface area contributed by atoms with E-state index in [1.54, 1.807) is 7.11 Å². The summed E-state index contributed by atoms with van der Waals surface area (Å²) in [6.45, 7) is 4.08. The first-order chi connectivity index (χ1) is 7.65. The van der Waals surface area contributed by atoms with E-state index in [1.807, 2.05) is 6.92 Å². The molecule has 2 aromatic rings. The molecule has 0 aliphatic carbocycles. The van der Waals surface area contributed by atoms with Crippen LogP contribution in [0.5, 0.6) is 0 Å². The quantitative estimate of drug-likeness (QED) is 0.560. The van der Waals surface area contributed by atoms with Crippen molar-refractivity contribution < 1.29 is 4.84 Å². The fraction of sp³-hybridized carbons (Fsp3) is 0.308. The lowest BCUT2D eigenvalue weighted by atomic mass is 10.1. The number of aryl methyl sites for hydroxylation is 2. The molecule has 1 aromatic carbocycles. The normalized spacial score (nSPS) is 12.1. The van der Waals surface area contributed by atoms with Crippen LogP contribution in [0.3, 0.4) is 0 Å². The zero-order valence-corrected chi connectivity index (χ0v) is 10.1. The highest BCUT2D eigenvalue weighted by atomic mass is 16.6. The lowest BCUT2D eigenvalue weighted by Gasteiger charge is -2.00. The van der Waals surface area contributed by atoms with Gasteiger partial charge in [0.2, 0.25) is 0 Å². The minimum absolute atomic E-state index is 0.902. The van der Waals surface area contributed by atoms with E-state index >= 15 is 0 Å². The van der Waals surface area contributed by atoms with Crippen LogP contribution in [0, 0.1) is 6.92 Å². The molecule has 2 rings (SSSR count). The molecule has 0 saturated carbocycles. The van der Waals surface area contributed by atoms with Gasteiger partial charge in [-0.15, -0.1) is 0 Å². The van der Waals surface area contributed by atoms with Gasteiger partial charge in [0.1, 0.15) is 7.11 Å². The van der Waals surface area contributed by atoms with Gasteiger partial charge in [-0.05, 0) is 19.4 Å². The molecule has 0 fully saturated rings. The molecule has 0 aliphatic rings. The third-order valence-electron chi connectivity index (χ3n) is 2.82. The van der Waals surface area contributed by atoms with Crippen LogP contribution in [-0.2, 0) is 11.9 Å². The molecule has 16 heavy (non-hydrogen) atoms. The first-order valence-corrected chi connectivity index (χ1v) is 5.28. The van der Waals surface area contributed by atoms with Crippen LogP contribution in [0.2, 0.25) is 0 Å². The van der Waals surface area contributed by atoms with Crippen molar-refractivity contribution in [2.75, 3.05) is 7.11 Å².